The Morgan fingerprint density at radius 3 is 1.64 bits per heavy atom. The van der Waals surface area contributed by atoms with E-state index in [2.05, 4.69) is 32.9 Å². The Bertz CT molecular complexity index is 216. The van der Waals surface area contributed by atoms with Crippen LogP contribution in [0.5, 0.6) is 0 Å². The molecule has 1 unspecified atom stereocenters. The van der Waals surface area contributed by atoms with Gasteiger partial charge in [-0.3, -0.25) is 0 Å². The molecule has 0 heterocycles. The van der Waals surface area contributed by atoms with Gasteiger partial charge in [0.1, 0.15) is 0 Å². The smallest absolute Gasteiger partial charge is 0.0322 e. The Morgan fingerprint density at radius 1 is 0.682 bits per heavy atom. The first-order valence-corrected chi connectivity index (χ1v) is 10.1. The first-order chi connectivity index (χ1) is 10.8. The monoisotopic (exact) mass is 306 g/mol. The lowest BCUT2D eigenvalue weighted by molar-refractivity contribution is 0.440. The molecule has 0 saturated heterocycles. The normalized spacial score (nSPS) is 13.0. The minimum Gasteiger partial charge on any atom is -0.0885 e. The highest BCUT2D eigenvalue weighted by atomic mass is 14.1. The van der Waals surface area contributed by atoms with Gasteiger partial charge in [0.25, 0.3) is 0 Å². The summed E-state index contributed by atoms with van der Waals surface area (Å²) in [7, 11) is 0. The van der Waals surface area contributed by atoms with Crippen LogP contribution in [0, 0.1) is 19.8 Å². The molecule has 0 aliphatic carbocycles. The molecule has 0 bridgehead atoms. The number of unbranched alkanes of at least 4 members (excludes halogenated alkanes) is 11. The average molecular weight is 307 g/mol. The van der Waals surface area contributed by atoms with Crippen molar-refractivity contribution in [3.63, 3.8) is 0 Å². The molecule has 0 aliphatic rings. The van der Waals surface area contributed by atoms with Crippen molar-refractivity contribution in [3.05, 3.63) is 26.0 Å². The highest BCUT2D eigenvalue weighted by molar-refractivity contribution is 4.84. The maximum atomic E-state index is 3.90. The fraction of sp³-hybridized carbons (Fsp3) is 0.818. The summed E-state index contributed by atoms with van der Waals surface area (Å²) >= 11 is 0. The molecule has 0 fully saturated rings. The second kappa shape index (κ2) is 18.8. The van der Waals surface area contributed by atoms with Crippen LogP contribution in [-0.4, -0.2) is 0 Å². The standard InChI is InChI=1S/C22H42/c1-4-7-9-10-11-12-13-14-15-16-17-19-21-22(6-3)20-18-8-5-2/h8,18,22H,1-2,4-7,9-17,19-21H2,3H3/b18-8+. The Hall–Kier alpha value is -0.260. The van der Waals surface area contributed by atoms with E-state index >= 15 is 0 Å². The summed E-state index contributed by atoms with van der Waals surface area (Å²) in [6, 6.07) is 0. The number of hydrogen-bond acceptors (Lipinski definition) is 0. The van der Waals surface area contributed by atoms with Gasteiger partial charge in [0.2, 0.25) is 0 Å². The molecule has 0 spiro atoms. The number of hydrogen-bond donors (Lipinski definition) is 0. The van der Waals surface area contributed by atoms with E-state index in [0.29, 0.717) is 0 Å². The summed E-state index contributed by atoms with van der Waals surface area (Å²) in [6.45, 7) is 10.1. The third kappa shape index (κ3) is 16.1. The average Bonchev–Trinajstić information content (AvgIpc) is 2.54. The topological polar surface area (TPSA) is 0 Å². The maximum Gasteiger partial charge on any atom is -0.0322 e. The summed E-state index contributed by atoms with van der Waals surface area (Å²) in [5, 5.41) is 0. The highest BCUT2D eigenvalue weighted by Gasteiger charge is 2.03. The zero-order chi connectivity index (χ0) is 16.3. The van der Waals surface area contributed by atoms with Crippen LogP contribution in [-0.2, 0) is 0 Å². The second-order valence-corrected chi connectivity index (χ2v) is 6.80. The third-order valence-corrected chi connectivity index (χ3v) is 4.74. The summed E-state index contributed by atoms with van der Waals surface area (Å²) in [5.74, 6) is 0.904. The van der Waals surface area contributed by atoms with E-state index in [4.69, 9.17) is 0 Å². The molecular formula is C22H42. The van der Waals surface area contributed by atoms with E-state index in [1.54, 1.807) is 0 Å². The van der Waals surface area contributed by atoms with Crippen molar-refractivity contribution in [3.8, 4) is 0 Å². The molecule has 0 aromatic carbocycles. The van der Waals surface area contributed by atoms with Crippen LogP contribution in [0.4, 0.5) is 0 Å². The Morgan fingerprint density at radius 2 is 1.18 bits per heavy atom. The minimum atomic E-state index is 0.904. The molecule has 0 aromatic rings. The molecule has 0 N–H and O–H groups in total. The molecule has 2 radical (unpaired) electrons. The van der Waals surface area contributed by atoms with Gasteiger partial charge >= 0.3 is 0 Å². The van der Waals surface area contributed by atoms with Gasteiger partial charge in [-0.15, -0.1) is 0 Å². The quantitative estimate of drug-likeness (QED) is 0.188. The van der Waals surface area contributed by atoms with Crippen molar-refractivity contribution in [2.45, 2.75) is 110 Å². The first-order valence-electron chi connectivity index (χ1n) is 10.1. The predicted molar refractivity (Wildman–Crippen MR) is 103 cm³/mol. The van der Waals surface area contributed by atoms with Crippen molar-refractivity contribution < 1.29 is 0 Å². The number of allylic oxidation sites excluding steroid dienone is 2. The molecule has 0 amide bonds. The Balaban J connectivity index is 3.23. The lowest BCUT2D eigenvalue weighted by atomic mass is 9.94. The van der Waals surface area contributed by atoms with Crippen molar-refractivity contribution in [2.75, 3.05) is 0 Å². The van der Waals surface area contributed by atoms with Crippen LogP contribution in [0.25, 0.3) is 0 Å². The zero-order valence-corrected chi connectivity index (χ0v) is 15.5. The third-order valence-electron chi connectivity index (χ3n) is 4.74. The van der Waals surface area contributed by atoms with E-state index in [1.165, 1.54) is 89.9 Å². The van der Waals surface area contributed by atoms with Crippen molar-refractivity contribution >= 4 is 0 Å². The minimum absolute atomic E-state index is 0.904. The second-order valence-electron chi connectivity index (χ2n) is 6.80. The van der Waals surface area contributed by atoms with Gasteiger partial charge in [-0.2, -0.15) is 0 Å². The molecule has 0 saturated carbocycles. The van der Waals surface area contributed by atoms with Crippen molar-refractivity contribution in [2.24, 2.45) is 5.92 Å². The molecule has 22 heavy (non-hydrogen) atoms. The van der Waals surface area contributed by atoms with E-state index in [1.807, 2.05) is 0 Å². The zero-order valence-electron chi connectivity index (χ0n) is 15.5. The van der Waals surface area contributed by atoms with E-state index in [-0.39, 0.29) is 0 Å². The maximum absolute atomic E-state index is 3.90. The predicted octanol–water partition coefficient (Wildman–Crippen LogP) is 8.09. The van der Waals surface area contributed by atoms with E-state index in [0.717, 1.165) is 18.8 Å². The van der Waals surface area contributed by atoms with Crippen LogP contribution in [0.1, 0.15) is 110 Å². The largest absolute Gasteiger partial charge is 0.0885 e. The van der Waals surface area contributed by atoms with Gasteiger partial charge in [-0.05, 0) is 25.7 Å². The van der Waals surface area contributed by atoms with E-state index < -0.39 is 0 Å². The molecule has 0 heteroatoms. The van der Waals surface area contributed by atoms with Crippen LogP contribution in [0.15, 0.2) is 12.2 Å². The van der Waals surface area contributed by atoms with Gasteiger partial charge in [-0.1, -0.05) is 116 Å². The lowest BCUT2D eigenvalue weighted by Crippen LogP contribution is -1.97. The van der Waals surface area contributed by atoms with Crippen LogP contribution in [0.2, 0.25) is 0 Å². The molecule has 0 nitrogen and oxygen atoms in total. The summed E-state index contributed by atoms with van der Waals surface area (Å²) < 4.78 is 0. The van der Waals surface area contributed by atoms with Crippen molar-refractivity contribution in [1.82, 2.24) is 0 Å². The van der Waals surface area contributed by atoms with Crippen LogP contribution in [0.3, 0.4) is 0 Å². The number of rotatable bonds is 17. The summed E-state index contributed by atoms with van der Waals surface area (Å²) in [4.78, 5) is 0. The molecule has 130 valence electrons. The van der Waals surface area contributed by atoms with Gasteiger partial charge in [0, 0.05) is 0 Å². The van der Waals surface area contributed by atoms with Gasteiger partial charge < -0.3 is 0 Å². The fourth-order valence-electron chi connectivity index (χ4n) is 3.10. The molecular weight excluding hydrogens is 264 g/mol. The summed E-state index contributed by atoms with van der Waals surface area (Å²) in [6.07, 6.45) is 26.3. The van der Waals surface area contributed by atoms with Crippen LogP contribution < -0.4 is 0 Å². The van der Waals surface area contributed by atoms with Gasteiger partial charge in [-0.25, -0.2) is 0 Å². The summed E-state index contributed by atoms with van der Waals surface area (Å²) in [5.41, 5.74) is 0. The first kappa shape index (κ1) is 21.7. The van der Waals surface area contributed by atoms with Gasteiger partial charge in [0.15, 0.2) is 0 Å². The van der Waals surface area contributed by atoms with Crippen LogP contribution >= 0.6 is 0 Å². The van der Waals surface area contributed by atoms with Gasteiger partial charge in [0.05, 0.1) is 0 Å². The lowest BCUT2D eigenvalue weighted by Gasteiger charge is -2.12. The Labute approximate surface area is 142 Å². The molecule has 1 atom stereocenters. The molecule has 0 rings (SSSR count). The fourth-order valence-corrected chi connectivity index (χ4v) is 3.10. The highest BCUT2D eigenvalue weighted by Crippen LogP contribution is 2.19. The van der Waals surface area contributed by atoms with Crippen molar-refractivity contribution in [1.29, 1.82) is 0 Å². The van der Waals surface area contributed by atoms with E-state index in [9.17, 15) is 0 Å². The SMILES string of the molecule is [CH2]C/C=C/CC(CC)CCCCCCCCCCCCC[CH2]. The molecule has 0 aromatic heterocycles. The molecule has 0 aliphatic heterocycles. The Kier molecular flexibility index (Phi) is 18.6.